The Balaban J connectivity index is -0.0000000208. The number of carbonyl (C=O) groups is 2. The van der Waals surface area contributed by atoms with Gasteiger partial charge in [-0.15, -0.1) is 0 Å². The van der Waals surface area contributed by atoms with Crippen molar-refractivity contribution in [2.45, 2.75) is 6.92 Å². The summed E-state index contributed by atoms with van der Waals surface area (Å²) in [6, 6.07) is 0. The molecule has 0 aromatic heterocycles. The molecule has 0 bridgehead atoms. The number of aliphatic carboxylic acids is 1. The number of carboxylic acid groups (broad SMARTS) is 1. The van der Waals surface area contributed by atoms with E-state index in [0.717, 1.165) is 6.92 Å². The van der Waals surface area contributed by atoms with E-state index in [4.69, 9.17) is 0 Å². The number of carbonyl (C=O) groups excluding carboxylic acids is 2. The minimum atomic E-state index is -1.63. The Hall–Kier alpha value is 0.280. The second-order valence-corrected chi connectivity index (χ2v) is 0.844. The van der Waals surface area contributed by atoms with Crippen LogP contribution in [0.3, 0.4) is 0 Å². The van der Waals surface area contributed by atoms with Gasteiger partial charge >= 0.3 is 37.7 Å². The quantitative estimate of drug-likeness (QED) is 0.295. The molecule has 0 rings (SSSR count). The molecule has 0 atom stereocenters. The number of ketones is 1. The molecule has 0 spiro atoms. The third-order valence-corrected chi connectivity index (χ3v) is 0.287. The van der Waals surface area contributed by atoms with Crippen LogP contribution in [0.25, 0.3) is 0 Å². The van der Waals surface area contributed by atoms with Gasteiger partial charge in [-0.1, -0.05) is 0 Å². The molecule has 6 N–H and O–H groups in total. The maximum Gasteiger partial charge on any atom is 2.00 e. The average molecular weight is 181 g/mol. The largest absolute Gasteiger partial charge is 2.00 e. The van der Waals surface area contributed by atoms with Crippen LogP contribution < -0.4 is 5.11 Å². The third-order valence-electron chi connectivity index (χ3n) is 0.287. The normalized spacial score (nSPS) is 4.50. The zero-order chi connectivity index (χ0) is 5.15. The monoisotopic (exact) mass is 181 g/mol. The van der Waals surface area contributed by atoms with E-state index >= 15 is 0 Å². The average Bonchev–Trinajstić information content (AvgIpc) is 1.36. The summed E-state index contributed by atoms with van der Waals surface area (Å²) in [5, 5.41) is 9.24. The van der Waals surface area contributed by atoms with Crippen LogP contribution in [0.15, 0.2) is 0 Å². The number of rotatable bonds is 1. The molecule has 10 heavy (non-hydrogen) atoms. The van der Waals surface area contributed by atoms with Crippen LogP contribution in [0.2, 0.25) is 0 Å². The molecular formula is C3H9CaO6+. The van der Waals surface area contributed by atoms with Crippen molar-refractivity contribution in [3.8, 4) is 0 Å². The van der Waals surface area contributed by atoms with E-state index in [1.54, 1.807) is 0 Å². The van der Waals surface area contributed by atoms with Gasteiger partial charge in [-0.05, 0) is 0 Å². The van der Waals surface area contributed by atoms with Crippen molar-refractivity contribution >= 4 is 49.5 Å². The van der Waals surface area contributed by atoms with Gasteiger partial charge in [0.2, 0.25) is 0 Å². The summed E-state index contributed by atoms with van der Waals surface area (Å²) in [6.45, 7) is 0.940. The Morgan fingerprint density at radius 3 is 1.20 bits per heavy atom. The van der Waals surface area contributed by atoms with Gasteiger partial charge in [0.25, 0.3) is 0 Å². The van der Waals surface area contributed by atoms with Crippen LogP contribution in [-0.2, 0) is 9.59 Å². The van der Waals surface area contributed by atoms with E-state index in [1.165, 1.54) is 0 Å². The molecule has 0 unspecified atom stereocenters. The third kappa shape index (κ3) is 24.0. The van der Waals surface area contributed by atoms with Gasteiger partial charge < -0.3 is 26.3 Å². The number of hydrogen-bond donors (Lipinski definition) is 0. The smallest absolute Gasteiger partial charge is 0.542 e. The van der Waals surface area contributed by atoms with Gasteiger partial charge in [-0.3, -0.25) is 4.79 Å². The Morgan fingerprint density at radius 1 is 1.10 bits per heavy atom. The molecule has 0 aliphatic heterocycles. The van der Waals surface area contributed by atoms with Crippen molar-refractivity contribution < 1.29 is 31.1 Å². The Morgan fingerprint density at radius 2 is 1.20 bits per heavy atom. The van der Waals surface area contributed by atoms with Crippen molar-refractivity contribution in [2.24, 2.45) is 0 Å². The van der Waals surface area contributed by atoms with Crippen molar-refractivity contribution in [3.63, 3.8) is 0 Å². The standard InChI is InChI=1S/C3H4O3.Ca.3H2O/c1-2(4)3(5)6;;;;/h1H3,(H,5,6);;3*1H2/q;+2;;;/p-1. The van der Waals surface area contributed by atoms with Gasteiger partial charge in [0.1, 0.15) is 5.97 Å². The van der Waals surface area contributed by atoms with E-state index in [0.29, 0.717) is 0 Å². The number of carboxylic acids is 1. The minimum Gasteiger partial charge on any atom is -0.542 e. The molecular weight excluding hydrogens is 172 g/mol. The van der Waals surface area contributed by atoms with Crippen LogP contribution in [0.4, 0.5) is 0 Å². The number of Topliss-reactive ketones (excluding diaryl/α,β-unsaturated/α-hetero) is 1. The summed E-state index contributed by atoms with van der Waals surface area (Å²) in [5.41, 5.74) is 0. The van der Waals surface area contributed by atoms with Crippen molar-refractivity contribution in [3.05, 3.63) is 0 Å². The van der Waals surface area contributed by atoms with E-state index < -0.39 is 11.8 Å². The molecule has 0 aromatic carbocycles. The Labute approximate surface area is 87.1 Å². The molecule has 0 radical (unpaired) electrons. The number of hydrogen-bond acceptors (Lipinski definition) is 3. The molecule has 0 fully saturated rings. The second kappa shape index (κ2) is 16.1. The van der Waals surface area contributed by atoms with Gasteiger partial charge in [0.15, 0.2) is 5.78 Å². The first-order valence-corrected chi connectivity index (χ1v) is 1.36. The Bertz CT molecular complexity index is 79.0. The predicted molar refractivity (Wildman–Crippen MR) is 32.3 cm³/mol. The first kappa shape index (κ1) is 31.8. The summed E-state index contributed by atoms with van der Waals surface area (Å²) < 4.78 is 0. The first-order chi connectivity index (χ1) is 2.64. The zero-order valence-corrected chi connectivity index (χ0v) is 7.64. The maximum absolute atomic E-state index is 9.48. The van der Waals surface area contributed by atoms with Gasteiger partial charge in [0.05, 0.1) is 0 Å². The first-order valence-electron chi connectivity index (χ1n) is 1.36. The maximum atomic E-state index is 9.48. The van der Waals surface area contributed by atoms with Crippen LogP contribution in [-0.4, -0.2) is 65.9 Å². The van der Waals surface area contributed by atoms with E-state index in [9.17, 15) is 14.7 Å². The van der Waals surface area contributed by atoms with Crippen LogP contribution in [0, 0.1) is 0 Å². The fourth-order valence-electron chi connectivity index (χ4n) is 0. The van der Waals surface area contributed by atoms with Crippen LogP contribution in [0.5, 0.6) is 0 Å². The topological polar surface area (TPSA) is 152 Å². The van der Waals surface area contributed by atoms with Gasteiger partial charge in [0, 0.05) is 6.92 Å². The molecule has 0 aliphatic rings. The van der Waals surface area contributed by atoms with E-state index in [-0.39, 0.29) is 54.2 Å². The Kier molecular flexibility index (Phi) is 51.2. The summed E-state index contributed by atoms with van der Waals surface area (Å²) in [7, 11) is 0. The molecule has 0 saturated carbocycles. The van der Waals surface area contributed by atoms with Gasteiger partial charge in [-0.2, -0.15) is 0 Å². The fourth-order valence-corrected chi connectivity index (χ4v) is 0. The molecule has 6 nitrogen and oxygen atoms in total. The molecule has 0 saturated heterocycles. The van der Waals surface area contributed by atoms with Crippen molar-refractivity contribution in [1.29, 1.82) is 0 Å². The molecule has 0 heterocycles. The second-order valence-electron chi connectivity index (χ2n) is 0.844. The minimum absolute atomic E-state index is 0. The molecule has 0 aromatic rings. The summed E-state index contributed by atoms with van der Waals surface area (Å²) in [5.74, 6) is -2.56. The van der Waals surface area contributed by atoms with Gasteiger partial charge in [-0.25, -0.2) is 0 Å². The van der Waals surface area contributed by atoms with E-state index in [2.05, 4.69) is 0 Å². The summed E-state index contributed by atoms with van der Waals surface area (Å²) in [4.78, 5) is 18.7. The van der Waals surface area contributed by atoms with Crippen LogP contribution >= 0.6 is 0 Å². The van der Waals surface area contributed by atoms with Crippen molar-refractivity contribution in [1.82, 2.24) is 0 Å². The molecule has 7 heteroatoms. The van der Waals surface area contributed by atoms with Crippen LogP contribution in [0.1, 0.15) is 6.92 Å². The van der Waals surface area contributed by atoms with E-state index in [1.807, 2.05) is 0 Å². The fraction of sp³-hybridized carbons (Fsp3) is 0.333. The SMILES string of the molecule is CC(=O)C(=O)[O-].O.O.O.[Ca+2]. The van der Waals surface area contributed by atoms with Crippen molar-refractivity contribution in [2.75, 3.05) is 0 Å². The molecule has 0 amide bonds. The summed E-state index contributed by atoms with van der Waals surface area (Å²) in [6.07, 6.45) is 0. The molecule has 58 valence electrons. The molecule has 0 aliphatic carbocycles. The zero-order valence-electron chi connectivity index (χ0n) is 5.43. The summed E-state index contributed by atoms with van der Waals surface area (Å²) >= 11 is 0. The predicted octanol–water partition coefficient (Wildman–Crippen LogP) is -4.53.